The number of quaternary nitrogens is 1. The van der Waals surface area contributed by atoms with E-state index in [2.05, 4.69) is 46.0 Å². The fraction of sp³-hybridized carbons (Fsp3) is 0.333. The summed E-state index contributed by atoms with van der Waals surface area (Å²) in [5.41, 5.74) is 1.04. The Bertz CT molecular complexity index is 954. The second-order valence-corrected chi connectivity index (χ2v) is 9.01. The maximum atomic E-state index is 12.9. The van der Waals surface area contributed by atoms with Gasteiger partial charge in [0.25, 0.3) is 0 Å². The minimum absolute atomic E-state index is 0.320. The van der Waals surface area contributed by atoms with Gasteiger partial charge in [-0.3, -0.25) is 4.98 Å². The Hall–Kier alpha value is -2.72. The van der Waals surface area contributed by atoms with Crippen LogP contribution in [0.2, 0.25) is 0 Å². The molecule has 0 spiro atoms. The van der Waals surface area contributed by atoms with Gasteiger partial charge in [-0.1, -0.05) is 56.3 Å². The van der Waals surface area contributed by atoms with E-state index in [9.17, 15) is 4.79 Å². The van der Waals surface area contributed by atoms with Crippen LogP contribution in [0.1, 0.15) is 36.0 Å². The molecule has 1 atom stereocenters. The minimum atomic E-state index is -0.469. The van der Waals surface area contributed by atoms with Gasteiger partial charge >= 0.3 is 5.97 Å². The highest BCUT2D eigenvalue weighted by Gasteiger charge is 2.40. The molecule has 0 bridgehead atoms. The molecule has 0 fully saturated rings. The summed E-state index contributed by atoms with van der Waals surface area (Å²) in [4.78, 5) is 17.6. The number of esters is 1. The summed E-state index contributed by atoms with van der Waals surface area (Å²) in [6.07, 6.45) is 1.33. The summed E-state index contributed by atoms with van der Waals surface area (Å²) < 4.78 is 6.89. The molecule has 2 aromatic carbocycles. The largest absolute Gasteiger partial charge is 0.451 e. The van der Waals surface area contributed by atoms with E-state index in [4.69, 9.17) is 4.74 Å². The normalized spacial score (nSPS) is 13.3. The molecular formula is C24H29N2O2+. The Morgan fingerprint density at radius 2 is 1.64 bits per heavy atom. The highest BCUT2D eigenvalue weighted by Crippen LogP contribution is 2.40. The third-order valence-electron chi connectivity index (χ3n) is 4.78. The van der Waals surface area contributed by atoms with E-state index in [1.54, 1.807) is 18.3 Å². The predicted molar refractivity (Wildman–Crippen MR) is 113 cm³/mol. The molecule has 0 aliphatic rings. The van der Waals surface area contributed by atoms with Crippen molar-refractivity contribution in [2.24, 2.45) is 5.41 Å². The number of hydrogen-bond acceptors (Lipinski definition) is 3. The Morgan fingerprint density at radius 3 is 2.32 bits per heavy atom. The average molecular weight is 378 g/mol. The number of pyridine rings is 1. The van der Waals surface area contributed by atoms with Crippen molar-refractivity contribution < 1.29 is 14.0 Å². The fourth-order valence-electron chi connectivity index (χ4n) is 3.99. The van der Waals surface area contributed by atoms with E-state index >= 15 is 0 Å². The third-order valence-corrected chi connectivity index (χ3v) is 4.78. The van der Waals surface area contributed by atoms with Crippen LogP contribution in [-0.2, 0) is 4.74 Å². The van der Waals surface area contributed by atoms with Gasteiger partial charge in [-0.05, 0) is 23.6 Å². The number of carbonyl (C=O) groups is 1. The molecule has 0 aliphatic heterocycles. The van der Waals surface area contributed by atoms with Crippen molar-refractivity contribution in [2.75, 3.05) is 27.7 Å². The Labute approximate surface area is 167 Å². The van der Waals surface area contributed by atoms with Gasteiger partial charge < -0.3 is 9.22 Å². The molecule has 0 aliphatic carbocycles. The van der Waals surface area contributed by atoms with Crippen molar-refractivity contribution in [3.8, 4) is 0 Å². The molecule has 0 saturated heterocycles. The van der Waals surface area contributed by atoms with Gasteiger partial charge in [0.1, 0.15) is 0 Å². The number of aromatic nitrogens is 1. The standard InChI is InChI=1S/C24H29N2O2/c1-24(2,17-26(3,4)5)22(28-23(27)19-12-7-6-8-13-19)21-20-14-10-9-11-18(20)15-16-25-21/h6-16,22H,17H2,1-5H3/q+1. The fourth-order valence-corrected chi connectivity index (χ4v) is 3.99. The van der Waals surface area contributed by atoms with Crippen LogP contribution in [-0.4, -0.2) is 43.1 Å². The van der Waals surface area contributed by atoms with Crippen LogP contribution in [0.4, 0.5) is 0 Å². The first-order chi connectivity index (χ1) is 13.2. The molecule has 4 nitrogen and oxygen atoms in total. The van der Waals surface area contributed by atoms with Gasteiger partial charge in [0, 0.05) is 11.6 Å². The second kappa shape index (κ2) is 7.72. The van der Waals surface area contributed by atoms with Crippen molar-refractivity contribution in [1.82, 2.24) is 4.98 Å². The molecule has 1 aromatic heterocycles. The first-order valence-corrected chi connectivity index (χ1v) is 9.57. The number of ether oxygens (including phenoxy) is 1. The smallest absolute Gasteiger partial charge is 0.338 e. The zero-order valence-electron chi connectivity index (χ0n) is 17.3. The van der Waals surface area contributed by atoms with Gasteiger partial charge in [0.2, 0.25) is 0 Å². The molecule has 4 heteroatoms. The molecule has 3 aromatic rings. The SMILES string of the molecule is CC(C)(C[N+](C)(C)C)C(OC(=O)c1ccccc1)c1nccc2ccccc12. The zero-order chi connectivity index (χ0) is 20.4. The van der Waals surface area contributed by atoms with E-state index in [-0.39, 0.29) is 11.4 Å². The first-order valence-electron chi connectivity index (χ1n) is 9.57. The minimum Gasteiger partial charge on any atom is -0.451 e. The second-order valence-electron chi connectivity index (χ2n) is 9.01. The number of carbonyl (C=O) groups excluding carboxylic acids is 1. The maximum absolute atomic E-state index is 12.9. The Balaban J connectivity index is 2.07. The lowest BCUT2D eigenvalue weighted by Crippen LogP contribution is -2.46. The molecule has 1 unspecified atom stereocenters. The van der Waals surface area contributed by atoms with Crippen molar-refractivity contribution in [2.45, 2.75) is 20.0 Å². The first kappa shape index (κ1) is 20.0. The molecule has 0 amide bonds. The summed E-state index contributed by atoms with van der Waals surface area (Å²) in [6.45, 7) is 5.11. The molecule has 3 rings (SSSR count). The van der Waals surface area contributed by atoms with Crippen LogP contribution in [0, 0.1) is 5.41 Å². The number of fused-ring (bicyclic) bond motifs is 1. The van der Waals surface area contributed by atoms with Crippen LogP contribution in [0.3, 0.4) is 0 Å². The molecule has 146 valence electrons. The highest BCUT2D eigenvalue weighted by molar-refractivity contribution is 5.90. The van der Waals surface area contributed by atoms with E-state index in [1.165, 1.54) is 0 Å². The lowest BCUT2D eigenvalue weighted by Gasteiger charge is -2.39. The summed E-state index contributed by atoms with van der Waals surface area (Å²) in [5, 5.41) is 2.11. The van der Waals surface area contributed by atoms with Crippen molar-refractivity contribution in [3.63, 3.8) is 0 Å². The average Bonchev–Trinajstić information content (AvgIpc) is 2.64. The van der Waals surface area contributed by atoms with Crippen molar-refractivity contribution in [1.29, 1.82) is 0 Å². The van der Waals surface area contributed by atoms with Crippen LogP contribution < -0.4 is 0 Å². The van der Waals surface area contributed by atoms with Crippen molar-refractivity contribution >= 4 is 16.7 Å². The van der Waals surface area contributed by atoms with E-state index in [1.807, 2.05) is 42.5 Å². The van der Waals surface area contributed by atoms with Crippen LogP contribution in [0.15, 0.2) is 66.9 Å². The Morgan fingerprint density at radius 1 is 1.00 bits per heavy atom. The zero-order valence-corrected chi connectivity index (χ0v) is 17.3. The molecule has 28 heavy (non-hydrogen) atoms. The number of hydrogen-bond donors (Lipinski definition) is 0. The van der Waals surface area contributed by atoms with Crippen LogP contribution in [0.25, 0.3) is 10.8 Å². The summed E-state index contributed by atoms with van der Waals surface area (Å²) in [6, 6.07) is 19.2. The van der Waals surface area contributed by atoms with Gasteiger partial charge in [0.05, 0.1) is 44.4 Å². The summed E-state index contributed by atoms with van der Waals surface area (Å²) >= 11 is 0. The topological polar surface area (TPSA) is 39.2 Å². The molecule has 0 radical (unpaired) electrons. The van der Waals surface area contributed by atoms with Crippen LogP contribution in [0.5, 0.6) is 0 Å². The quantitative estimate of drug-likeness (QED) is 0.455. The molecular weight excluding hydrogens is 348 g/mol. The number of benzene rings is 2. The predicted octanol–water partition coefficient (Wildman–Crippen LogP) is 4.87. The van der Waals surface area contributed by atoms with Gasteiger partial charge in [-0.2, -0.15) is 0 Å². The monoisotopic (exact) mass is 377 g/mol. The molecule has 1 heterocycles. The Kier molecular flexibility index (Phi) is 5.52. The molecule has 0 saturated carbocycles. The number of rotatable bonds is 6. The number of nitrogens with zero attached hydrogens (tertiary/aromatic N) is 2. The van der Waals surface area contributed by atoms with Gasteiger partial charge in [-0.25, -0.2) is 4.79 Å². The maximum Gasteiger partial charge on any atom is 0.338 e. The summed E-state index contributed by atoms with van der Waals surface area (Å²) in [5.74, 6) is -0.324. The summed E-state index contributed by atoms with van der Waals surface area (Å²) in [7, 11) is 6.44. The van der Waals surface area contributed by atoms with Crippen molar-refractivity contribution in [3.05, 3.63) is 78.1 Å². The third kappa shape index (κ3) is 4.57. The van der Waals surface area contributed by atoms with E-state index < -0.39 is 6.10 Å². The lowest BCUT2D eigenvalue weighted by molar-refractivity contribution is -0.877. The van der Waals surface area contributed by atoms with Crippen LogP contribution >= 0.6 is 0 Å². The molecule has 0 N–H and O–H groups in total. The van der Waals surface area contributed by atoms with Gasteiger partial charge in [-0.15, -0.1) is 0 Å². The highest BCUT2D eigenvalue weighted by atomic mass is 16.5. The van der Waals surface area contributed by atoms with Gasteiger partial charge in [0.15, 0.2) is 6.10 Å². The van der Waals surface area contributed by atoms with E-state index in [0.29, 0.717) is 5.56 Å². The van der Waals surface area contributed by atoms with E-state index in [0.717, 1.165) is 27.5 Å². The lowest BCUT2D eigenvalue weighted by atomic mass is 9.82.